The first-order chi connectivity index (χ1) is 11.9. The average Bonchev–Trinajstić information content (AvgIpc) is 2.62. The van der Waals surface area contributed by atoms with Crippen LogP contribution in [0, 0.1) is 11.7 Å². The molecule has 1 atom stereocenters. The molecule has 1 aliphatic heterocycles. The SMILES string of the molecule is CCCCC(CC)C(=O)N1CCN(S(=O)(=O)c2ccccc2F)CC1. The van der Waals surface area contributed by atoms with Crippen LogP contribution >= 0.6 is 0 Å². The van der Waals surface area contributed by atoms with Gasteiger partial charge in [0.05, 0.1) is 0 Å². The number of nitrogens with zero attached hydrogens (tertiary/aromatic N) is 2. The molecule has 0 saturated carbocycles. The van der Waals surface area contributed by atoms with Crippen LogP contribution < -0.4 is 0 Å². The van der Waals surface area contributed by atoms with Gasteiger partial charge in [-0.25, -0.2) is 12.8 Å². The maximum atomic E-state index is 13.8. The lowest BCUT2D eigenvalue weighted by Gasteiger charge is -2.35. The Morgan fingerprint density at radius 2 is 1.80 bits per heavy atom. The van der Waals surface area contributed by atoms with Crippen LogP contribution in [0.2, 0.25) is 0 Å². The Bertz CT molecular complexity index is 685. The molecule has 1 aromatic rings. The van der Waals surface area contributed by atoms with Crippen LogP contribution in [0.3, 0.4) is 0 Å². The molecule has 0 aliphatic carbocycles. The van der Waals surface area contributed by atoms with E-state index in [0.29, 0.717) is 13.1 Å². The summed E-state index contributed by atoms with van der Waals surface area (Å²) < 4.78 is 40.3. The quantitative estimate of drug-likeness (QED) is 0.742. The van der Waals surface area contributed by atoms with E-state index in [0.717, 1.165) is 31.7 Å². The summed E-state index contributed by atoms with van der Waals surface area (Å²) in [5.74, 6) is -0.625. The first-order valence-electron chi connectivity index (χ1n) is 8.95. The molecule has 1 fully saturated rings. The van der Waals surface area contributed by atoms with E-state index in [1.54, 1.807) is 4.90 Å². The number of hydrogen-bond donors (Lipinski definition) is 0. The van der Waals surface area contributed by atoms with Crippen molar-refractivity contribution in [2.24, 2.45) is 5.92 Å². The summed E-state index contributed by atoms with van der Waals surface area (Å²) in [5.41, 5.74) is 0. The van der Waals surface area contributed by atoms with Gasteiger partial charge in [-0.15, -0.1) is 0 Å². The fourth-order valence-corrected chi connectivity index (χ4v) is 4.64. The molecule has 1 unspecified atom stereocenters. The van der Waals surface area contributed by atoms with E-state index in [9.17, 15) is 17.6 Å². The number of rotatable bonds is 7. The van der Waals surface area contributed by atoms with Crippen molar-refractivity contribution in [3.63, 3.8) is 0 Å². The highest BCUT2D eigenvalue weighted by atomic mass is 32.2. The molecule has 140 valence electrons. The van der Waals surface area contributed by atoms with Crippen LogP contribution in [0.15, 0.2) is 29.2 Å². The fourth-order valence-electron chi connectivity index (χ4n) is 3.15. The molecule has 0 spiro atoms. The van der Waals surface area contributed by atoms with E-state index in [-0.39, 0.29) is 29.8 Å². The van der Waals surface area contributed by atoms with Gasteiger partial charge in [-0.05, 0) is 25.0 Å². The van der Waals surface area contributed by atoms with Gasteiger partial charge in [-0.2, -0.15) is 4.31 Å². The van der Waals surface area contributed by atoms with Crippen LogP contribution in [-0.4, -0.2) is 49.7 Å². The Labute approximate surface area is 149 Å². The summed E-state index contributed by atoms with van der Waals surface area (Å²) in [4.78, 5) is 14.1. The molecule has 0 bridgehead atoms. The van der Waals surface area contributed by atoms with E-state index >= 15 is 0 Å². The second-order valence-electron chi connectivity index (χ2n) is 6.41. The average molecular weight is 370 g/mol. The molecular weight excluding hydrogens is 343 g/mol. The second-order valence-corrected chi connectivity index (χ2v) is 8.31. The molecule has 1 saturated heterocycles. The van der Waals surface area contributed by atoms with Crippen LogP contribution in [0.4, 0.5) is 4.39 Å². The molecule has 1 amide bonds. The number of benzene rings is 1. The molecule has 1 aromatic carbocycles. The zero-order valence-corrected chi connectivity index (χ0v) is 15.8. The van der Waals surface area contributed by atoms with Crippen LogP contribution in [-0.2, 0) is 14.8 Å². The number of carbonyl (C=O) groups excluding carboxylic acids is 1. The highest BCUT2D eigenvalue weighted by molar-refractivity contribution is 7.89. The minimum absolute atomic E-state index is 0.00896. The molecule has 0 aromatic heterocycles. The van der Waals surface area contributed by atoms with Gasteiger partial charge in [-0.3, -0.25) is 4.79 Å². The standard InChI is InChI=1S/C18H27FN2O3S/c1-3-5-8-15(4-2)18(22)20-11-13-21(14-12-20)25(23,24)17-10-7-6-9-16(17)19/h6-7,9-10,15H,3-5,8,11-14H2,1-2H3. The number of unbranched alkanes of at least 4 members (excludes halogenated alkanes) is 1. The highest BCUT2D eigenvalue weighted by Gasteiger charge is 2.33. The van der Waals surface area contributed by atoms with Crippen molar-refractivity contribution >= 4 is 15.9 Å². The van der Waals surface area contributed by atoms with Crippen LogP contribution in [0.1, 0.15) is 39.5 Å². The number of amides is 1. The molecule has 2 rings (SSSR count). The smallest absolute Gasteiger partial charge is 0.246 e. The second kappa shape index (κ2) is 8.76. The van der Waals surface area contributed by atoms with Crippen molar-refractivity contribution in [2.75, 3.05) is 26.2 Å². The normalized spacial score (nSPS) is 17.5. The third-order valence-electron chi connectivity index (χ3n) is 4.75. The van der Waals surface area contributed by atoms with Crippen molar-refractivity contribution < 1.29 is 17.6 Å². The first-order valence-corrected chi connectivity index (χ1v) is 10.4. The van der Waals surface area contributed by atoms with Gasteiger partial charge in [-0.1, -0.05) is 38.8 Å². The predicted molar refractivity (Wildman–Crippen MR) is 95.0 cm³/mol. The van der Waals surface area contributed by atoms with Gasteiger partial charge in [0.1, 0.15) is 10.7 Å². The number of hydrogen-bond acceptors (Lipinski definition) is 3. The first kappa shape index (κ1) is 19.8. The third kappa shape index (κ3) is 4.58. The Morgan fingerprint density at radius 1 is 1.16 bits per heavy atom. The van der Waals surface area contributed by atoms with Crippen molar-refractivity contribution in [1.82, 2.24) is 9.21 Å². The van der Waals surface area contributed by atoms with Gasteiger partial charge < -0.3 is 4.90 Å². The summed E-state index contributed by atoms with van der Waals surface area (Å²) in [6, 6.07) is 5.40. The maximum absolute atomic E-state index is 13.8. The van der Waals surface area contributed by atoms with Crippen molar-refractivity contribution in [2.45, 2.75) is 44.4 Å². The van der Waals surface area contributed by atoms with Crippen LogP contribution in [0.5, 0.6) is 0 Å². The summed E-state index contributed by atoms with van der Waals surface area (Å²) in [6.07, 6.45) is 3.75. The molecule has 0 radical (unpaired) electrons. The minimum atomic E-state index is -3.86. The predicted octanol–water partition coefficient (Wildman–Crippen LogP) is 2.88. The Hall–Kier alpha value is -1.47. The minimum Gasteiger partial charge on any atom is -0.340 e. The molecule has 0 N–H and O–H groups in total. The highest BCUT2D eigenvalue weighted by Crippen LogP contribution is 2.22. The van der Waals surface area contributed by atoms with Crippen molar-refractivity contribution in [1.29, 1.82) is 0 Å². The van der Waals surface area contributed by atoms with Crippen LogP contribution in [0.25, 0.3) is 0 Å². The van der Waals surface area contributed by atoms with Gasteiger partial charge in [0.2, 0.25) is 15.9 Å². The zero-order valence-electron chi connectivity index (χ0n) is 14.9. The third-order valence-corrected chi connectivity index (χ3v) is 6.68. The Kier molecular flexibility index (Phi) is 6.95. The van der Waals surface area contributed by atoms with E-state index in [1.165, 1.54) is 22.5 Å². The fraction of sp³-hybridized carbons (Fsp3) is 0.611. The lowest BCUT2D eigenvalue weighted by Crippen LogP contribution is -2.51. The molecule has 1 heterocycles. The largest absolute Gasteiger partial charge is 0.340 e. The molecule has 7 heteroatoms. The van der Waals surface area contributed by atoms with Crippen molar-refractivity contribution in [3.05, 3.63) is 30.1 Å². The van der Waals surface area contributed by atoms with Gasteiger partial charge in [0.25, 0.3) is 0 Å². The van der Waals surface area contributed by atoms with Gasteiger partial charge in [0, 0.05) is 32.1 Å². The van der Waals surface area contributed by atoms with E-state index in [4.69, 9.17) is 0 Å². The topological polar surface area (TPSA) is 57.7 Å². The molecule has 1 aliphatic rings. The summed E-state index contributed by atoms with van der Waals surface area (Å²) in [7, 11) is -3.86. The van der Waals surface area contributed by atoms with Gasteiger partial charge in [0.15, 0.2) is 0 Å². The van der Waals surface area contributed by atoms with Gasteiger partial charge >= 0.3 is 0 Å². The number of carbonyl (C=O) groups is 1. The van der Waals surface area contributed by atoms with E-state index < -0.39 is 15.8 Å². The summed E-state index contributed by atoms with van der Waals surface area (Å²) in [6.45, 7) is 5.23. The number of halogens is 1. The monoisotopic (exact) mass is 370 g/mol. The molecular formula is C18H27FN2O3S. The lowest BCUT2D eigenvalue weighted by molar-refractivity contribution is -0.137. The molecule has 5 nitrogen and oxygen atoms in total. The Morgan fingerprint density at radius 3 is 2.36 bits per heavy atom. The summed E-state index contributed by atoms with van der Waals surface area (Å²) >= 11 is 0. The zero-order chi connectivity index (χ0) is 18.4. The molecule has 25 heavy (non-hydrogen) atoms. The Balaban J connectivity index is 2.01. The van der Waals surface area contributed by atoms with E-state index in [2.05, 4.69) is 6.92 Å². The number of sulfonamides is 1. The number of piperazine rings is 1. The lowest BCUT2D eigenvalue weighted by atomic mass is 9.97. The summed E-state index contributed by atoms with van der Waals surface area (Å²) in [5, 5.41) is 0. The van der Waals surface area contributed by atoms with E-state index in [1.807, 2.05) is 6.92 Å². The maximum Gasteiger partial charge on any atom is 0.246 e. The van der Waals surface area contributed by atoms with Crippen molar-refractivity contribution in [3.8, 4) is 0 Å².